The van der Waals surface area contributed by atoms with Gasteiger partial charge in [-0.15, -0.1) is 0 Å². The molecule has 5 N–H and O–H groups in total. The maximum absolute atomic E-state index is 13.3. The van der Waals surface area contributed by atoms with Gasteiger partial charge in [0.1, 0.15) is 5.76 Å². The van der Waals surface area contributed by atoms with Crippen molar-refractivity contribution in [3.63, 3.8) is 0 Å². The number of nitrogens with zero attached hydrogens (tertiary/aromatic N) is 1. The van der Waals surface area contributed by atoms with Crippen molar-refractivity contribution in [1.82, 2.24) is 10.2 Å². The van der Waals surface area contributed by atoms with Gasteiger partial charge in [-0.05, 0) is 81.8 Å². The topological polar surface area (TPSA) is 131 Å². The van der Waals surface area contributed by atoms with Crippen molar-refractivity contribution in [3.05, 3.63) is 64.4 Å². The number of aliphatic hydroxyl groups is 2. The van der Waals surface area contributed by atoms with Gasteiger partial charge >= 0.3 is 0 Å². The number of hydrogen-bond donors (Lipinski definition) is 5. The van der Waals surface area contributed by atoms with E-state index in [2.05, 4.69) is 15.5 Å². The van der Waals surface area contributed by atoms with Crippen LogP contribution >= 0.6 is 0 Å². The van der Waals surface area contributed by atoms with Crippen molar-refractivity contribution in [1.29, 1.82) is 0 Å². The van der Waals surface area contributed by atoms with Crippen molar-refractivity contribution >= 4 is 17.5 Å². The molecule has 2 aliphatic heterocycles. The number of aliphatic hydroxyl groups excluding tert-OH is 1. The molecule has 4 aliphatic rings. The van der Waals surface area contributed by atoms with Gasteiger partial charge in [0, 0.05) is 36.4 Å². The highest BCUT2D eigenvalue weighted by Gasteiger charge is 2.69. The molecule has 2 aromatic rings. The second kappa shape index (κ2) is 8.99. The highest BCUT2D eigenvalue weighted by atomic mass is 16.5. The average molecular weight is 534 g/mol. The van der Waals surface area contributed by atoms with E-state index in [1.165, 1.54) is 26.8 Å². The summed E-state index contributed by atoms with van der Waals surface area (Å²) in [4.78, 5) is 27.7. The second-order valence-electron chi connectivity index (χ2n) is 11.6. The molecule has 0 radical (unpaired) electrons. The van der Waals surface area contributed by atoms with Crippen LogP contribution in [0.3, 0.4) is 0 Å². The molecule has 2 bridgehead atoms. The first-order chi connectivity index (χ1) is 18.6. The number of nitrogens with one attached hydrogen (secondary N) is 2. The Hall–Kier alpha value is -3.56. The molecule has 6 rings (SSSR count). The number of fused-ring (bicyclic) bond motifs is 1. The Kier molecular flexibility index (Phi) is 5.93. The first kappa shape index (κ1) is 25.7. The van der Waals surface area contributed by atoms with E-state index in [0.717, 1.165) is 24.2 Å². The van der Waals surface area contributed by atoms with Crippen molar-refractivity contribution in [2.24, 2.45) is 5.92 Å². The molecule has 206 valence electrons. The average Bonchev–Trinajstić information content (AvgIpc) is 3.66. The number of hydrogen-bond acceptors (Lipinski definition) is 7. The van der Waals surface area contributed by atoms with E-state index < -0.39 is 23.0 Å². The van der Waals surface area contributed by atoms with Crippen LogP contribution in [0.2, 0.25) is 0 Å². The molecule has 2 aliphatic carbocycles. The zero-order chi connectivity index (χ0) is 27.7. The molecule has 1 spiro atoms. The van der Waals surface area contributed by atoms with Crippen LogP contribution in [-0.4, -0.2) is 69.9 Å². The van der Waals surface area contributed by atoms with Crippen molar-refractivity contribution < 1.29 is 29.6 Å². The summed E-state index contributed by atoms with van der Waals surface area (Å²) in [6.07, 6.45) is 2.49. The molecule has 1 saturated carbocycles. The van der Waals surface area contributed by atoms with Gasteiger partial charge in [0.25, 0.3) is 11.8 Å². The van der Waals surface area contributed by atoms with Crippen LogP contribution in [0, 0.1) is 5.92 Å². The van der Waals surface area contributed by atoms with Gasteiger partial charge in [-0.25, -0.2) is 0 Å². The lowest BCUT2D eigenvalue weighted by Crippen LogP contribution is -2.73. The van der Waals surface area contributed by atoms with Crippen molar-refractivity contribution in [2.75, 3.05) is 25.5 Å². The molecule has 9 heteroatoms. The standard InChI is InChI=1S/C30H35N3O6/c1-16(27(36)32-20-6-4-5-19(13-20)28(37)31-3)24(35)26-30-11-12-33(15-17-7-8-17)22(29(30,2)38)14-18-9-10-21(34)25(39-26)23(18)30/h4-6,9-10,13,17,22,26,34-35,38H,7-8,11-12,14-15H2,1-3H3,(H,31,37)(H,32,36)/b24-16-/t22-,26+,29-,30+/m1/s1. The normalized spacial score (nSPS) is 29.6. The molecule has 4 atom stereocenters. The van der Waals surface area contributed by atoms with Gasteiger partial charge in [0.05, 0.1) is 16.6 Å². The number of phenols is 1. The molecule has 0 unspecified atom stereocenters. The molecule has 0 aromatic heterocycles. The smallest absolute Gasteiger partial charge is 0.254 e. The van der Waals surface area contributed by atoms with Crippen LogP contribution < -0.4 is 15.4 Å². The van der Waals surface area contributed by atoms with Crippen molar-refractivity contribution in [2.45, 2.75) is 62.7 Å². The number of carbonyl (C=O) groups excluding carboxylic acids is 2. The van der Waals surface area contributed by atoms with E-state index in [9.17, 15) is 24.9 Å². The summed E-state index contributed by atoms with van der Waals surface area (Å²) >= 11 is 0. The third-order valence-corrected chi connectivity index (χ3v) is 9.32. The summed E-state index contributed by atoms with van der Waals surface area (Å²) in [5, 5.41) is 39.9. The summed E-state index contributed by atoms with van der Waals surface area (Å²) in [6, 6.07) is 9.81. The molecular formula is C30H35N3O6. The molecular weight excluding hydrogens is 498 g/mol. The van der Waals surface area contributed by atoms with Gasteiger partial charge in [-0.2, -0.15) is 0 Å². The number of anilines is 1. The summed E-state index contributed by atoms with van der Waals surface area (Å²) < 4.78 is 6.28. The molecule has 1 saturated heterocycles. The summed E-state index contributed by atoms with van der Waals surface area (Å²) in [6.45, 7) is 4.97. The monoisotopic (exact) mass is 533 g/mol. The lowest BCUT2D eigenvalue weighted by molar-refractivity contribution is -0.153. The number of rotatable bonds is 6. The SMILES string of the molecule is CNC(=O)c1cccc(NC(=O)/C(C)=C(\O)[C@@H]2Oc3c(O)ccc4c3[C@@]23CCN(CC2CC2)[C@H](C4)[C@@]3(C)O)c1. The second-order valence-corrected chi connectivity index (χ2v) is 11.6. The zero-order valence-electron chi connectivity index (χ0n) is 22.5. The summed E-state index contributed by atoms with van der Waals surface area (Å²) in [5.41, 5.74) is 0.223. The minimum Gasteiger partial charge on any atom is -0.508 e. The Morgan fingerprint density at radius 2 is 1.97 bits per heavy atom. The van der Waals surface area contributed by atoms with E-state index in [0.29, 0.717) is 30.0 Å². The maximum atomic E-state index is 13.3. The number of benzene rings is 2. The Bertz CT molecular complexity index is 1400. The number of aromatic hydroxyl groups is 1. The minimum absolute atomic E-state index is 0.0342. The Labute approximate surface area is 227 Å². The number of piperidine rings is 1. The largest absolute Gasteiger partial charge is 0.508 e. The van der Waals surface area contributed by atoms with E-state index in [1.54, 1.807) is 30.3 Å². The van der Waals surface area contributed by atoms with E-state index in [4.69, 9.17) is 4.74 Å². The maximum Gasteiger partial charge on any atom is 0.254 e. The van der Waals surface area contributed by atoms with Gasteiger partial charge in [-0.1, -0.05) is 12.1 Å². The third kappa shape index (κ3) is 3.82. The van der Waals surface area contributed by atoms with Gasteiger partial charge in [0.15, 0.2) is 17.6 Å². The number of phenolic OH excluding ortho intramolecular Hbond substituents is 1. The number of amides is 2. The predicted molar refractivity (Wildman–Crippen MR) is 145 cm³/mol. The first-order valence-electron chi connectivity index (χ1n) is 13.6. The highest BCUT2D eigenvalue weighted by Crippen LogP contribution is 2.63. The lowest BCUT2D eigenvalue weighted by Gasteiger charge is -2.59. The summed E-state index contributed by atoms with van der Waals surface area (Å²) in [5.74, 6) is -0.247. The zero-order valence-corrected chi connectivity index (χ0v) is 22.5. The fourth-order valence-corrected chi connectivity index (χ4v) is 6.99. The van der Waals surface area contributed by atoms with E-state index >= 15 is 0 Å². The molecule has 2 aromatic carbocycles. The number of likely N-dealkylation sites (tertiary alicyclic amines) is 1. The van der Waals surface area contributed by atoms with Crippen LogP contribution in [0.15, 0.2) is 47.7 Å². The summed E-state index contributed by atoms with van der Waals surface area (Å²) in [7, 11) is 1.53. The predicted octanol–water partition coefficient (Wildman–Crippen LogP) is 3.01. The Morgan fingerprint density at radius 1 is 1.21 bits per heavy atom. The molecule has 9 nitrogen and oxygen atoms in total. The van der Waals surface area contributed by atoms with E-state index in [-0.39, 0.29) is 34.8 Å². The quantitative estimate of drug-likeness (QED) is 0.285. The van der Waals surface area contributed by atoms with E-state index in [1.807, 2.05) is 13.0 Å². The molecule has 2 heterocycles. The van der Waals surface area contributed by atoms with Crippen LogP contribution in [0.5, 0.6) is 11.5 Å². The molecule has 39 heavy (non-hydrogen) atoms. The van der Waals surface area contributed by atoms with Crippen LogP contribution in [0.1, 0.15) is 54.6 Å². The fourth-order valence-electron chi connectivity index (χ4n) is 6.99. The number of ether oxygens (including phenoxy) is 1. The van der Waals surface area contributed by atoms with Gasteiger partial charge < -0.3 is 30.7 Å². The minimum atomic E-state index is -1.29. The van der Waals surface area contributed by atoms with Crippen LogP contribution in [0.4, 0.5) is 5.69 Å². The highest BCUT2D eigenvalue weighted by molar-refractivity contribution is 6.04. The number of carbonyl (C=O) groups is 2. The third-order valence-electron chi connectivity index (χ3n) is 9.32. The van der Waals surface area contributed by atoms with Gasteiger partial charge in [0.2, 0.25) is 0 Å². The lowest BCUT2D eigenvalue weighted by atomic mass is 9.53. The Balaban J connectivity index is 1.38. The van der Waals surface area contributed by atoms with Gasteiger partial charge in [-0.3, -0.25) is 14.5 Å². The molecule has 2 fully saturated rings. The first-order valence-corrected chi connectivity index (χ1v) is 13.6. The molecule has 2 amide bonds. The van der Waals surface area contributed by atoms with Crippen LogP contribution in [0.25, 0.3) is 0 Å². The van der Waals surface area contributed by atoms with Crippen molar-refractivity contribution in [3.8, 4) is 11.5 Å². The fraction of sp³-hybridized carbons (Fsp3) is 0.467. The van der Waals surface area contributed by atoms with Crippen LogP contribution in [-0.2, 0) is 16.6 Å². The Morgan fingerprint density at radius 3 is 2.69 bits per heavy atom.